The molecular formula is C12H19NO3. The first-order valence-corrected chi connectivity index (χ1v) is 6.03. The lowest BCUT2D eigenvalue weighted by Crippen LogP contribution is -2.54. The largest absolute Gasteiger partial charge is 0.378 e. The maximum atomic E-state index is 11.8. The summed E-state index contributed by atoms with van der Waals surface area (Å²) >= 11 is 0. The molecule has 0 aromatic carbocycles. The third-order valence-corrected chi connectivity index (χ3v) is 3.94. The fourth-order valence-electron chi connectivity index (χ4n) is 3.28. The molecule has 0 saturated carbocycles. The normalized spacial score (nSPS) is 39.9. The van der Waals surface area contributed by atoms with E-state index < -0.39 is 0 Å². The molecule has 2 saturated heterocycles. The first-order chi connectivity index (χ1) is 7.57. The Hall–Kier alpha value is -0.900. The van der Waals surface area contributed by atoms with Gasteiger partial charge in [0, 0.05) is 18.9 Å². The van der Waals surface area contributed by atoms with E-state index in [-0.39, 0.29) is 29.3 Å². The molecule has 3 unspecified atom stereocenters. The number of carbonyl (C=O) groups is 2. The molecule has 2 aliphatic rings. The first-order valence-electron chi connectivity index (χ1n) is 6.03. The van der Waals surface area contributed by atoms with E-state index in [2.05, 4.69) is 5.32 Å². The van der Waals surface area contributed by atoms with Gasteiger partial charge in [0.1, 0.15) is 0 Å². The highest BCUT2D eigenvalue weighted by Gasteiger charge is 2.49. The van der Waals surface area contributed by atoms with Crippen molar-refractivity contribution in [3.8, 4) is 0 Å². The van der Waals surface area contributed by atoms with Gasteiger partial charge in [0.05, 0.1) is 6.10 Å². The van der Waals surface area contributed by atoms with Gasteiger partial charge < -0.3 is 4.74 Å². The Morgan fingerprint density at radius 1 is 1.50 bits per heavy atom. The van der Waals surface area contributed by atoms with Crippen LogP contribution < -0.4 is 5.32 Å². The Morgan fingerprint density at radius 2 is 2.25 bits per heavy atom. The number of ether oxygens (including phenoxy) is 1. The molecule has 1 N–H and O–H groups in total. The van der Waals surface area contributed by atoms with Crippen LogP contribution in [-0.2, 0) is 14.3 Å². The average molecular weight is 225 g/mol. The van der Waals surface area contributed by atoms with Crippen LogP contribution in [-0.4, -0.2) is 24.5 Å². The molecule has 0 aliphatic carbocycles. The Morgan fingerprint density at radius 3 is 2.88 bits per heavy atom. The van der Waals surface area contributed by atoms with Crippen LogP contribution in [0, 0.1) is 11.3 Å². The van der Waals surface area contributed by atoms with Crippen LogP contribution in [0.15, 0.2) is 0 Å². The summed E-state index contributed by atoms with van der Waals surface area (Å²) in [6, 6.07) is 0. The summed E-state index contributed by atoms with van der Waals surface area (Å²) in [7, 11) is 0. The lowest BCUT2D eigenvalue weighted by atomic mass is 9.63. The zero-order valence-electron chi connectivity index (χ0n) is 9.91. The van der Waals surface area contributed by atoms with E-state index in [4.69, 9.17) is 4.74 Å². The fraction of sp³-hybridized carbons (Fsp3) is 0.833. The maximum absolute atomic E-state index is 11.8. The number of amides is 2. The van der Waals surface area contributed by atoms with Crippen LogP contribution in [0.3, 0.4) is 0 Å². The van der Waals surface area contributed by atoms with E-state index in [0.717, 1.165) is 19.3 Å². The molecular weight excluding hydrogens is 206 g/mol. The predicted molar refractivity (Wildman–Crippen MR) is 58.6 cm³/mol. The van der Waals surface area contributed by atoms with Crippen LogP contribution >= 0.6 is 0 Å². The van der Waals surface area contributed by atoms with E-state index in [9.17, 15) is 9.59 Å². The lowest BCUT2D eigenvalue weighted by Gasteiger charge is -2.46. The van der Waals surface area contributed by atoms with E-state index in [1.54, 1.807) is 0 Å². The second kappa shape index (κ2) is 4.17. The highest BCUT2D eigenvalue weighted by Crippen LogP contribution is 2.46. The standard InChI is InChI=1S/C12H19NO3/c1-3-9-11(15)13-10(14)7-12(9)4-5-16-8(2)6-12/h8-9H,3-7H2,1-2H3,(H,13,14,15). The number of hydrogen-bond donors (Lipinski definition) is 1. The minimum absolute atomic E-state index is 0.0310. The molecule has 2 heterocycles. The quantitative estimate of drug-likeness (QED) is 0.683. The molecule has 2 fully saturated rings. The van der Waals surface area contributed by atoms with Gasteiger partial charge in [-0.25, -0.2) is 0 Å². The summed E-state index contributed by atoms with van der Waals surface area (Å²) in [5.41, 5.74) is -0.147. The molecule has 90 valence electrons. The molecule has 4 nitrogen and oxygen atoms in total. The molecule has 0 aromatic rings. The van der Waals surface area contributed by atoms with Crippen LogP contribution in [0.25, 0.3) is 0 Å². The highest BCUT2D eigenvalue weighted by atomic mass is 16.5. The number of nitrogens with one attached hydrogen (secondary N) is 1. The number of carbonyl (C=O) groups excluding carboxylic acids is 2. The van der Waals surface area contributed by atoms with Crippen molar-refractivity contribution in [1.82, 2.24) is 5.32 Å². The van der Waals surface area contributed by atoms with Gasteiger partial charge in [-0.3, -0.25) is 14.9 Å². The Bertz CT molecular complexity index is 315. The van der Waals surface area contributed by atoms with E-state index >= 15 is 0 Å². The van der Waals surface area contributed by atoms with Crippen molar-refractivity contribution >= 4 is 11.8 Å². The van der Waals surface area contributed by atoms with Crippen LogP contribution in [0.1, 0.15) is 39.5 Å². The van der Waals surface area contributed by atoms with E-state index in [1.807, 2.05) is 13.8 Å². The molecule has 1 spiro atoms. The minimum atomic E-state index is -0.147. The van der Waals surface area contributed by atoms with E-state index in [0.29, 0.717) is 13.0 Å². The average Bonchev–Trinajstić information content (AvgIpc) is 2.16. The molecule has 0 aromatic heterocycles. The van der Waals surface area contributed by atoms with Crippen molar-refractivity contribution in [2.45, 2.75) is 45.6 Å². The van der Waals surface area contributed by atoms with Crippen molar-refractivity contribution in [2.24, 2.45) is 11.3 Å². The third-order valence-electron chi connectivity index (χ3n) is 3.94. The monoisotopic (exact) mass is 225 g/mol. The van der Waals surface area contributed by atoms with Gasteiger partial charge in [-0.15, -0.1) is 0 Å². The molecule has 2 amide bonds. The fourth-order valence-corrected chi connectivity index (χ4v) is 3.28. The second-order valence-electron chi connectivity index (χ2n) is 5.05. The van der Waals surface area contributed by atoms with Crippen molar-refractivity contribution < 1.29 is 14.3 Å². The van der Waals surface area contributed by atoms with E-state index in [1.165, 1.54) is 0 Å². The Labute approximate surface area is 95.7 Å². The predicted octanol–water partition coefficient (Wildman–Crippen LogP) is 1.24. The maximum Gasteiger partial charge on any atom is 0.230 e. The van der Waals surface area contributed by atoms with Gasteiger partial charge in [-0.1, -0.05) is 6.92 Å². The van der Waals surface area contributed by atoms with Crippen molar-refractivity contribution in [3.05, 3.63) is 0 Å². The lowest BCUT2D eigenvalue weighted by molar-refractivity contribution is -0.151. The molecule has 4 heteroatoms. The van der Waals surface area contributed by atoms with Gasteiger partial charge in [-0.05, 0) is 31.6 Å². The topological polar surface area (TPSA) is 55.4 Å². The van der Waals surface area contributed by atoms with Crippen molar-refractivity contribution in [1.29, 1.82) is 0 Å². The minimum Gasteiger partial charge on any atom is -0.378 e. The zero-order chi connectivity index (χ0) is 11.8. The second-order valence-corrected chi connectivity index (χ2v) is 5.05. The molecule has 2 aliphatic heterocycles. The van der Waals surface area contributed by atoms with Gasteiger partial charge in [0.2, 0.25) is 11.8 Å². The summed E-state index contributed by atoms with van der Waals surface area (Å²) in [4.78, 5) is 23.4. The summed E-state index contributed by atoms with van der Waals surface area (Å²) < 4.78 is 5.53. The van der Waals surface area contributed by atoms with Crippen LogP contribution in [0.5, 0.6) is 0 Å². The molecule has 3 atom stereocenters. The number of piperidine rings is 1. The summed E-state index contributed by atoms with van der Waals surface area (Å²) in [6.07, 6.45) is 3.08. The molecule has 2 rings (SSSR count). The van der Waals surface area contributed by atoms with Crippen LogP contribution in [0.2, 0.25) is 0 Å². The summed E-state index contributed by atoms with van der Waals surface area (Å²) in [5.74, 6) is -0.242. The highest BCUT2D eigenvalue weighted by molar-refractivity contribution is 5.99. The Kier molecular flexibility index (Phi) is 3.02. The van der Waals surface area contributed by atoms with Gasteiger partial charge >= 0.3 is 0 Å². The van der Waals surface area contributed by atoms with Crippen molar-refractivity contribution in [3.63, 3.8) is 0 Å². The first kappa shape index (κ1) is 11.6. The number of hydrogen-bond acceptors (Lipinski definition) is 3. The van der Waals surface area contributed by atoms with Gasteiger partial charge in [-0.2, -0.15) is 0 Å². The zero-order valence-corrected chi connectivity index (χ0v) is 9.91. The summed E-state index contributed by atoms with van der Waals surface area (Å²) in [6.45, 7) is 4.70. The SMILES string of the molecule is CCC1C(=O)NC(=O)CC12CCOC(C)C2. The number of imide groups is 1. The Balaban J connectivity index is 2.26. The third kappa shape index (κ3) is 1.86. The smallest absolute Gasteiger partial charge is 0.230 e. The van der Waals surface area contributed by atoms with Crippen molar-refractivity contribution in [2.75, 3.05) is 6.61 Å². The van der Waals surface area contributed by atoms with Crippen LogP contribution in [0.4, 0.5) is 0 Å². The summed E-state index contributed by atoms with van der Waals surface area (Å²) in [5, 5.41) is 2.45. The molecule has 0 bridgehead atoms. The van der Waals surface area contributed by atoms with Gasteiger partial charge in [0.15, 0.2) is 0 Å². The number of rotatable bonds is 1. The molecule has 0 radical (unpaired) electrons. The van der Waals surface area contributed by atoms with Gasteiger partial charge in [0.25, 0.3) is 0 Å². The molecule has 16 heavy (non-hydrogen) atoms.